The molecule has 2 heterocycles. The minimum Gasteiger partial charge on any atom is -0.322 e. The summed E-state index contributed by atoms with van der Waals surface area (Å²) in [6, 6.07) is 7.46. The smallest absolute Gasteiger partial charge is 0.256 e. The van der Waals surface area contributed by atoms with Crippen LogP contribution in [0.25, 0.3) is 5.69 Å². The molecular formula is C17H17N5OS. The quantitative estimate of drug-likeness (QED) is 0.796. The zero-order valence-corrected chi connectivity index (χ0v) is 14.1. The van der Waals surface area contributed by atoms with Gasteiger partial charge in [-0.1, -0.05) is 6.92 Å². The van der Waals surface area contributed by atoms with Gasteiger partial charge in [0, 0.05) is 15.9 Å². The molecule has 4 rings (SSSR count). The second-order valence-electron chi connectivity index (χ2n) is 6.15. The Kier molecular flexibility index (Phi) is 3.86. The molecule has 6 nitrogen and oxygen atoms in total. The number of aromatic nitrogens is 4. The number of fused-ring (bicyclic) bond motifs is 1. The predicted octanol–water partition coefficient (Wildman–Crippen LogP) is 3.10. The number of thiophene rings is 1. The molecule has 0 aliphatic heterocycles. The monoisotopic (exact) mass is 339 g/mol. The highest BCUT2D eigenvalue weighted by atomic mass is 32.1. The zero-order valence-electron chi connectivity index (χ0n) is 13.3. The molecule has 0 radical (unpaired) electrons. The molecule has 0 saturated carbocycles. The molecule has 7 heteroatoms. The van der Waals surface area contributed by atoms with Crippen molar-refractivity contribution in [3.8, 4) is 5.69 Å². The number of amides is 1. The summed E-state index contributed by atoms with van der Waals surface area (Å²) in [5, 5.41) is 16.0. The summed E-state index contributed by atoms with van der Waals surface area (Å²) >= 11 is 1.71. The Hall–Kier alpha value is -2.54. The fourth-order valence-electron chi connectivity index (χ4n) is 3.04. The largest absolute Gasteiger partial charge is 0.322 e. The Balaban J connectivity index is 1.50. The average molecular weight is 339 g/mol. The van der Waals surface area contributed by atoms with E-state index in [-0.39, 0.29) is 5.91 Å². The van der Waals surface area contributed by atoms with E-state index in [1.165, 1.54) is 16.8 Å². The second kappa shape index (κ2) is 6.16. The van der Waals surface area contributed by atoms with Gasteiger partial charge in [0.1, 0.15) is 6.33 Å². The fourth-order valence-corrected chi connectivity index (χ4v) is 4.29. The van der Waals surface area contributed by atoms with Crippen LogP contribution in [-0.2, 0) is 12.8 Å². The van der Waals surface area contributed by atoms with Crippen molar-refractivity contribution in [2.75, 3.05) is 5.32 Å². The van der Waals surface area contributed by atoms with E-state index in [0.717, 1.165) is 36.2 Å². The van der Waals surface area contributed by atoms with Gasteiger partial charge in [0.15, 0.2) is 0 Å². The second-order valence-corrected chi connectivity index (χ2v) is 7.12. The number of benzene rings is 1. The van der Waals surface area contributed by atoms with Gasteiger partial charge in [0.2, 0.25) is 0 Å². The first-order valence-electron chi connectivity index (χ1n) is 7.94. The van der Waals surface area contributed by atoms with Crippen LogP contribution < -0.4 is 5.32 Å². The topological polar surface area (TPSA) is 72.7 Å². The van der Waals surface area contributed by atoms with Crippen LogP contribution in [0.2, 0.25) is 0 Å². The number of rotatable bonds is 3. The molecule has 24 heavy (non-hydrogen) atoms. The van der Waals surface area contributed by atoms with Crippen molar-refractivity contribution in [1.29, 1.82) is 0 Å². The van der Waals surface area contributed by atoms with Crippen LogP contribution in [0, 0.1) is 5.92 Å². The summed E-state index contributed by atoms with van der Waals surface area (Å²) in [6.07, 6.45) is 4.78. The van der Waals surface area contributed by atoms with E-state index in [2.05, 4.69) is 27.8 Å². The Bertz CT molecular complexity index is 854. The lowest BCUT2D eigenvalue weighted by molar-refractivity contribution is 0.102. The van der Waals surface area contributed by atoms with Crippen molar-refractivity contribution in [3.05, 3.63) is 52.0 Å². The molecule has 2 aromatic heterocycles. The third kappa shape index (κ3) is 2.82. The van der Waals surface area contributed by atoms with Crippen LogP contribution in [-0.4, -0.2) is 26.1 Å². The van der Waals surface area contributed by atoms with Crippen LogP contribution in [0.3, 0.4) is 0 Å². The maximum Gasteiger partial charge on any atom is 0.256 e. The minimum absolute atomic E-state index is 0.0303. The molecule has 1 amide bonds. The van der Waals surface area contributed by atoms with Gasteiger partial charge >= 0.3 is 0 Å². The molecular weight excluding hydrogens is 322 g/mol. The molecule has 122 valence electrons. The highest BCUT2D eigenvalue weighted by Gasteiger charge is 2.23. The highest BCUT2D eigenvalue weighted by Crippen LogP contribution is 2.33. The Labute approximate surface area is 143 Å². The van der Waals surface area contributed by atoms with E-state index in [1.54, 1.807) is 16.0 Å². The van der Waals surface area contributed by atoms with Crippen molar-refractivity contribution >= 4 is 22.9 Å². The first-order chi connectivity index (χ1) is 11.7. The lowest BCUT2D eigenvalue weighted by Gasteiger charge is -2.18. The molecule has 3 aromatic rings. The fraction of sp³-hybridized carbons (Fsp3) is 0.294. The van der Waals surface area contributed by atoms with Gasteiger partial charge in [-0.3, -0.25) is 4.79 Å². The molecule has 1 aliphatic carbocycles. The van der Waals surface area contributed by atoms with E-state index >= 15 is 0 Å². The highest BCUT2D eigenvalue weighted by molar-refractivity contribution is 7.10. The zero-order chi connectivity index (χ0) is 16.5. The van der Waals surface area contributed by atoms with Gasteiger partial charge in [-0.25, -0.2) is 4.68 Å². The number of carbonyl (C=O) groups excluding carboxylic acids is 1. The van der Waals surface area contributed by atoms with Crippen molar-refractivity contribution in [2.45, 2.75) is 26.2 Å². The molecule has 1 atom stereocenters. The molecule has 0 saturated heterocycles. The molecule has 0 fully saturated rings. The normalized spacial score (nSPS) is 16.6. The summed E-state index contributed by atoms with van der Waals surface area (Å²) in [5.41, 5.74) is 3.67. The van der Waals surface area contributed by atoms with Crippen molar-refractivity contribution < 1.29 is 4.79 Å². The summed E-state index contributed by atoms with van der Waals surface area (Å²) in [5.74, 6) is 0.683. The van der Waals surface area contributed by atoms with Gasteiger partial charge < -0.3 is 5.32 Å². The summed E-state index contributed by atoms with van der Waals surface area (Å²) < 4.78 is 1.57. The summed E-state index contributed by atoms with van der Waals surface area (Å²) in [6.45, 7) is 2.27. The molecule has 0 unspecified atom stereocenters. The SMILES string of the molecule is C[C@@H]1CCc2c(C(=O)Nc3ccc(-n4cnnn4)cc3)csc2C1. The van der Waals surface area contributed by atoms with E-state index in [0.29, 0.717) is 5.92 Å². The van der Waals surface area contributed by atoms with Gasteiger partial charge in [-0.15, -0.1) is 16.4 Å². The van der Waals surface area contributed by atoms with E-state index < -0.39 is 0 Å². The maximum absolute atomic E-state index is 12.6. The van der Waals surface area contributed by atoms with Crippen LogP contribution >= 0.6 is 11.3 Å². The number of anilines is 1. The van der Waals surface area contributed by atoms with Gasteiger partial charge in [-0.2, -0.15) is 0 Å². The first kappa shape index (κ1) is 15.0. The van der Waals surface area contributed by atoms with Gasteiger partial charge in [0.25, 0.3) is 5.91 Å². The summed E-state index contributed by atoms with van der Waals surface area (Å²) in [7, 11) is 0. The van der Waals surface area contributed by atoms with E-state index in [4.69, 9.17) is 0 Å². The number of nitrogens with one attached hydrogen (secondary N) is 1. The molecule has 1 aliphatic rings. The molecule has 0 bridgehead atoms. The van der Waals surface area contributed by atoms with E-state index in [9.17, 15) is 4.79 Å². The van der Waals surface area contributed by atoms with Crippen LogP contribution in [0.4, 0.5) is 5.69 Å². The van der Waals surface area contributed by atoms with Crippen molar-refractivity contribution in [3.63, 3.8) is 0 Å². The van der Waals surface area contributed by atoms with Crippen LogP contribution in [0.15, 0.2) is 36.0 Å². The minimum atomic E-state index is -0.0303. The number of carbonyl (C=O) groups is 1. The maximum atomic E-state index is 12.6. The number of tetrazole rings is 1. The Morgan fingerprint density at radius 2 is 2.17 bits per heavy atom. The predicted molar refractivity (Wildman–Crippen MR) is 92.6 cm³/mol. The molecule has 1 N–H and O–H groups in total. The standard InChI is InChI=1S/C17H17N5OS/c1-11-2-7-14-15(9-24-16(14)8-11)17(23)19-12-3-5-13(6-4-12)22-10-18-20-21-22/h3-6,9-11H,2,7-8H2,1H3,(H,19,23)/t11-/m1/s1. The van der Waals surface area contributed by atoms with Gasteiger partial charge in [-0.05, 0) is 65.4 Å². The third-order valence-electron chi connectivity index (χ3n) is 4.39. The third-order valence-corrected chi connectivity index (χ3v) is 5.44. The summed E-state index contributed by atoms with van der Waals surface area (Å²) in [4.78, 5) is 14.0. The lowest BCUT2D eigenvalue weighted by atomic mass is 9.88. The number of hydrogen-bond acceptors (Lipinski definition) is 5. The Morgan fingerprint density at radius 3 is 2.92 bits per heavy atom. The van der Waals surface area contributed by atoms with Crippen molar-refractivity contribution in [2.24, 2.45) is 5.92 Å². The number of nitrogens with zero attached hydrogens (tertiary/aromatic N) is 4. The first-order valence-corrected chi connectivity index (χ1v) is 8.82. The molecule has 1 aromatic carbocycles. The van der Waals surface area contributed by atoms with Crippen molar-refractivity contribution in [1.82, 2.24) is 20.2 Å². The van der Waals surface area contributed by atoms with E-state index in [1.807, 2.05) is 29.6 Å². The Morgan fingerprint density at radius 1 is 1.33 bits per heavy atom. The lowest BCUT2D eigenvalue weighted by Crippen LogP contribution is -2.16. The average Bonchev–Trinajstić information content (AvgIpc) is 3.24. The molecule has 0 spiro atoms. The number of hydrogen-bond donors (Lipinski definition) is 1. The van der Waals surface area contributed by atoms with Crippen LogP contribution in [0.1, 0.15) is 34.1 Å². The van der Waals surface area contributed by atoms with Gasteiger partial charge in [0.05, 0.1) is 11.3 Å². The van der Waals surface area contributed by atoms with Crippen LogP contribution in [0.5, 0.6) is 0 Å².